The Hall–Kier alpha value is -3.49. The molecule has 1 heterocycles. The molecule has 0 saturated heterocycles. The van der Waals surface area contributed by atoms with Gasteiger partial charge in [0.05, 0.1) is 4.92 Å². The number of carbonyl (C=O) groups excluding carboxylic acids is 2. The van der Waals surface area contributed by atoms with Gasteiger partial charge in [0.15, 0.2) is 0 Å². The number of hydrogen-bond donors (Lipinski definition) is 3. The van der Waals surface area contributed by atoms with Crippen molar-refractivity contribution in [1.82, 2.24) is 10.3 Å². The van der Waals surface area contributed by atoms with Crippen LogP contribution in [0.1, 0.15) is 36.2 Å². The molecule has 0 spiro atoms. The highest BCUT2D eigenvalue weighted by Crippen LogP contribution is 2.25. The smallest absolute Gasteiger partial charge is 0.293 e. The van der Waals surface area contributed by atoms with Gasteiger partial charge in [0.2, 0.25) is 5.91 Å². The van der Waals surface area contributed by atoms with Crippen molar-refractivity contribution < 1.29 is 14.5 Å². The lowest BCUT2D eigenvalue weighted by Gasteiger charge is -2.11. The zero-order valence-corrected chi connectivity index (χ0v) is 16.0. The van der Waals surface area contributed by atoms with Crippen LogP contribution < -0.4 is 16.0 Å². The van der Waals surface area contributed by atoms with Crippen molar-refractivity contribution in [2.45, 2.75) is 33.2 Å². The number of nitro benzene ring substituents is 1. The van der Waals surface area contributed by atoms with Crippen molar-refractivity contribution >= 4 is 29.0 Å². The molecule has 9 nitrogen and oxygen atoms in total. The molecule has 3 N–H and O–H groups in total. The Morgan fingerprint density at radius 1 is 1.21 bits per heavy atom. The number of nitrogens with zero attached hydrogens (tertiary/aromatic N) is 2. The van der Waals surface area contributed by atoms with Crippen molar-refractivity contribution in [3.63, 3.8) is 0 Å². The predicted octanol–water partition coefficient (Wildman–Crippen LogP) is 2.88. The third-order valence-electron chi connectivity index (χ3n) is 3.72. The third kappa shape index (κ3) is 6.04. The van der Waals surface area contributed by atoms with Gasteiger partial charge in [-0.25, -0.2) is 4.98 Å². The van der Waals surface area contributed by atoms with E-state index in [1.807, 2.05) is 13.0 Å². The van der Waals surface area contributed by atoms with Gasteiger partial charge in [-0.05, 0) is 44.5 Å². The molecule has 1 aromatic carbocycles. The first kappa shape index (κ1) is 20.8. The van der Waals surface area contributed by atoms with E-state index in [0.29, 0.717) is 5.82 Å². The molecule has 1 aromatic heterocycles. The van der Waals surface area contributed by atoms with Gasteiger partial charge < -0.3 is 16.0 Å². The van der Waals surface area contributed by atoms with Gasteiger partial charge in [-0.1, -0.05) is 6.07 Å². The van der Waals surface area contributed by atoms with E-state index in [1.165, 1.54) is 18.2 Å². The lowest BCUT2D eigenvalue weighted by molar-refractivity contribution is -0.384. The molecule has 9 heteroatoms. The number of amides is 2. The number of carbonyl (C=O) groups is 2. The Labute approximate surface area is 162 Å². The lowest BCUT2D eigenvalue weighted by Crippen LogP contribution is -2.30. The summed E-state index contributed by atoms with van der Waals surface area (Å²) in [5.41, 5.74) is 1.20. The monoisotopic (exact) mass is 385 g/mol. The van der Waals surface area contributed by atoms with E-state index in [-0.39, 0.29) is 47.8 Å². The summed E-state index contributed by atoms with van der Waals surface area (Å²) < 4.78 is 0. The maximum absolute atomic E-state index is 12.0. The molecule has 2 amide bonds. The summed E-state index contributed by atoms with van der Waals surface area (Å²) in [6.07, 6.45) is 1.75. The predicted molar refractivity (Wildman–Crippen MR) is 106 cm³/mol. The summed E-state index contributed by atoms with van der Waals surface area (Å²) in [5, 5.41) is 19.6. The summed E-state index contributed by atoms with van der Waals surface area (Å²) in [5.74, 6) is -0.198. The first-order valence-corrected chi connectivity index (χ1v) is 8.82. The minimum Gasteiger partial charge on any atom is -0.379 e. The van der Waals surface area contributed by atoms with Crippen LogP contribution in [-0.2, 0) is 4.79 Å². The largest absolute Gasteiger partial charge is 0.379 e. The number of nitro groups is 1. The highest BCUT2D eigenvalue weighted by molar-refractivity contribution is 5.96. The Kier molecular flexibility index (Phi) is 7.02. The van der Waals surface area contributed by atoms with Gasteiger partial charge in [0, 0.05) is 36.8 Å². The minimum absolute atomic E-state index is 0.0779. The minimum atomic E-state index is -0.565. The van der Waals surface area contributed by atoms with Crippen LogP contribution in [0.25, 0.3) is 0 Å². The summed E-state index contributed by atoms with van der Waals surface area (Å²) in [6, 6.07) is 7.64. The summed E-state index contributed by atoms with van der Waals surface area (Å²) in [4.78, 5) is 38.9. The van der Waals surface area contributed by atoms with E-state index in [0.717, 1.165) is 5.56 Å². The molecule has 0 radical (unpaired) electrons. The zero-order chi connectivity index (χ0) is 20.7. The van der Waals surface area contributed by atoms with Crippen LogP contribution in [0.3, 0.4) is 0 Å². The summed E-state index contributed by atoms with van der Waals surface area (Å²) in [7, 11) is 0. The first-order chi connectivity index (χ1) is 13.3. The Morgan fingerprint density at radius 2 is 1.96 bits per heavy atom. The number of nitrogens with one attached hydrogen (secondary N) is 3. The third-order valence-corrected chi connectivity index (χ3v) is 3.72. The van der Waals surface area contributed by atoms with Crippen LogP contribution in [0.2, 0.25) is 0 Å². The van der Waals surface area contributed by atoms with E-state index in [1.54, 1.807) is 26.1 Å². The van der Waals surface area contributed by atoms with Gasteiger partial charge in [-0.3, -0.25) is 19.7 Å². The Bertz CT molecular complexity index is 865. The van der Waals surface area contributed by atoms with Crippen molar-refractivity contribution in [1.29, 1.82) is 0 Å². The standard InChI is InChI=1S/C19H23N5O4/c1-12(2)22-19(26)14-5-6-15(16(10-14)24(27)28)20-9-8-18(25)23-17-7-4-13(3)11-21-17/h4-7,10-12,20H,8-9H2,1-3H3,(H,22,26)(H,21,23,25). The number of pyridine rings is 1. The second kappa shape index (κ2) is 9.45. The fourth-order valence-corrected chi connectivity index (χ4v) is 2.38. The molecule has 0 saturated carbocycles. The normalized spacial score (nSPS) is 10.4. The lowest BCUT2D eigenvalue weighted by atomic mass is 10.1. The SMILES string of the molecule is Cc1ccc(NC(=O)CCNc2ccc(C(=O)NC(C)C)cc2[N+](=O)[O-])nc1. The number of aromatic nitrogens is 1. The number of benzene rings is 1. The average molecular weight is 385 g/mol. The van der Waals surface area contributed by atoms with Crippen molar-refractivity contribution in [2.24, 2.45) is 0 Å². The molecule has 0 unspecified atom stereocenters. The van der Waals surface area contributed by atoms with E-state index in [2.05, 4.69) is 20.9 Å². The van der Waals surface area contributed by atoms with Gasteiger partial charge in [-0.2, -0.15) is 0 Å². The molecule has 2 aromatic rings. The van der Waals surface area contributed by atoms with Gasteiger partial charge in [-0.15, -0.1) is 0 Å². The zero-order valence-electron chi connectivity index (χ0n) is 16.0. The maximum Gasteiger partial charge on any atom is 0.293 e. The summed E-state index contributed by atoms with van der Waals surface area (Å²) >= 11 is 0. The number of rotatable bonds is 8. The molecule has 0 bridgehead atoms. The van der Waals surface area contributed by atoms with E-state index in [4.69, 9.17) is 0 Å². The van der Waals surface area contributed by atoms with E-state index < -0.39 is 4.92 Å². The number of anilines is 2. The fourth-order valence-electron chi connectivity index (χ4n) is 2.38. The van der Waals surface area contributed by atoms with Crippen LogP contribution in [-0.4, -0.2) is 34.3 Å². The van der Waals surface area contributed by atoms with Crippen molar-refractivity contribution in [2.75, 3.05) is 17.2 Å². The average Bonchev–Trinajstić information content (AvgIpc) is 2.63. The van der Waals surface area contributed by atoms with Crippen LogP contribution in [0.15, 0.2) is 36.5 Å². The Morgan fingerprint density at radius 3 is 2.57 bits per heavy atom. The molecule has 0 atom stereocenters. The van der Waals surface area contributed by atoms with Crippen molar-refractivity contribution in [3.05, 3.63) is 57.8 Å². The molecule has 0 fully saturated rings. The van der Waals surface area contributed by atoms with Gasteiger partial charge >= 0.3 is 0 Å². The van der Waals surface area contributed by atoms with Crippen molar-refractivity contribution in [3.8, 4) is 0 Å². The molecule has 0 aliphatic rings. The summed E-state index contributed by atoms with van der Waals surface area (Å²) in [6.45, 7) is 5.70. The molecular formula is C19H23N5O4. The molecule has 0 aliphatic carbocycles. The second-order valence-corrected chi connectivity index (χ2v) is 6.56. The maximum atomic E-state index is 12.0. The first-order valence-electron chi connectivity index (χ1n) is 8.82. The molecule has 28 heavy (non-hydrogen) atoms. The quantitative estimate of drug-likeness (QED) is 0.474. The molecule has 2 rings (SSSR count). The van der Waals surface area contributed by atoms with Crippen LogP contribution in [0.5, 0.6) is 0 Å². The van der Waals surface area contributed by atoms with Crippen LogP contribution in [0.4, 0.5) is 17.2 Å². The highest BCUT2D eigenvalue weighted by atomic mass is 16.6. The van der Waals surface area contributed by atoms with Crippen LogP contribution >= 0.6 is 0 Å². The molecule has 148 valence electrons. The molecular weight excluding hydrogens is 362 g/mol. The fraction of sp³-hybridized carbons (Fsp3) is 0.316. The van der Waals surface area contributed by atoms with Crippen LogP contribution in [0, 0.1) is 17.0 Å². The number of aryl methyl sites for hydroxylation is 1. The second-order valence-electron chi connectivity index (χ2n) is 6.56. The number of hydrogen-bond acceptors (Lipinski definition) is 6. The van der Waals surface area contributed by atoms with Gasteiger partial charge in [0.25, 0.3) is 11.6 Å². The van der Waals surface area contributed by atoms with E-state index >= 15 is 0 Å². The molecule has 0 aliphatic heterocycles. The Balaban J connectivity index is 1.97. The van der Waals surface area contributed by atoms with E-state index in [9.17, 15) is 19.7 Å². The highest BCUT2D eigenvalue weighted by Gasteiger charge is 2.18. The van der Waals surface area contributed by atoms with Gasteiger partial charge in [0.1, 0.15) is 11.5 Å². The topological polar surface area (TPSA) is 126 Å².